The first-order valence-corrected chi connectivity index (χ1v) is 7.31. The molecule has 0 radical (unpaired) electrons. The molecule has 1 aromatic carbocycles. The Hall–Kier alpha value is -2.04. The van der Waals surface area contributed by atoms with Crippen molar-refractivity contribution in [2.24, 2.45) is 0 Å². The van der Waals surface area contributed by atoms with Crippen LogP contribution in [0.4, 0.5) is 5.69 Å². The molecule has 0 unspecified atom stereocenters. The Kier molecular flexibility index (Phi) is 4.83. The Bertz CT molecular complexity index is 511. The molecule has 0 aromatic heterocycles. The van der Waals surface area contributed by atoms with Crippen LogP contribution >= 0.6 is 0 Å². The fourth-order valence-corrected chi connectivity index (χ4v) is 2.52. The summed E-state index contributed by atoms with van der Waals surface area (Å²) < 4.78 is 0. The van der Waals surface area contributed by atoms with E-state index in [2.05, 4.69) is 0 Å². The summed E-state index contributed by atoms with van der Waals surface area (Å²) in [7, 11) is 3.95. The van der Waals surface area contributed by atoms with Crippen molar-refractivity contribution >= 4 is 17.5 Å². The van der Waals surface area contributed by atoms with Gasteiger partial charge in [0.1, 0.15) is 0 Å². The molecule has 114 valence electrons. The molecule has 1 saturated heterocycles. The van der Waals surface area contributed by atoms with E-state index in [9.17, 15) is 9.59 Å². The van der Waals surface area contributed by atoms with Gasteiger partial charge in [0, 0.05) is 58.4 Å². The Morgan fingerprint density at radius 2 is 1.52 bits per heavy atom. The molecule has 2 rings (SSSR count). The van der Waals surface area contributed by atoms with E-state index in [0.717, 1.165) is 18.7 Å². The van der Waals surface area contributed by atoms with E-state index in [-0.39, 0.29) is 11.8 Å². The Morgan fingerprint density at radius 3 is 2.10 bits per heavy atom. The second-order valence-electron chi connectivity index (χ2n) is 5.59. The van der Waals surface area contributed by atoms with Gasteiger partial charge < -0.3 is 14.7 Å². The number of carbonyl (C=O) groups is 2. The quantitative estimate of drug-likeness (QED) is 0.827. The minimum absolute atomic E-state index is 0.0470. The van der Waals surface area contributed by atoms with Gasteiger partial charge >= 0.3 is 0 Å². The van der Waals surface area contributed by atoms with Crippen molar-refractivity contribution in [1.82, 2.24) is 9.80 Å². The number of amides is 2. The Balaban J connectivity index is 2.04. The van der Waals surface area contributed by atoms with Crippen molar-refractivity contribution < 1.29 is 9.59 Å². The molecule has 21 heavy (non-hydrogen) atoms. The van der Waals surface area contributed by atoms with Crippen LogP contribution in [0.25, 0.3) is 0 Å². The molecule has 0 saturated carbocycles. The zero-order valence-corrected chi connectivity index (χ0v) is 13.0. The van der Waals surface area contributed by atoms with Gasteiger partial charge in [-0.3, -0.25) is 9.59 Å². The molecule has 0 bridgehead atoms. The molecular formula is C16H23N3O2. The third kappa shape index (κ3) is 3.74. The summed E-state index contributed by atoms with van der Waals surface area (Å²) in [5, 5.41) is 0. The molecule has 1 aliphatic heterocycles. The highest BCUT2D eigenvalue weighted by Gasteiger charge is 2.21. The van der Waals surface area contributed by atoms with Crippen LogP contribution in [0.15, 0.2) is 24.3 Å². The minimum Gasteiger partial charge on any atom is -0.378 e. The van der Waals surface area contributed by atoms with Crippen LogP contribution in [-0.4, -0.2) is 61.9 Å². The lowest BCUT2D eigenvalue weighted by Gasteiger charge is -2.22. The number of anilines is 1. The minimum atomic E-state index is 0.0470. The summed E-state index contributed by atoms with van der Waals surface area (Å²) in [4.78, 5) is 29.6. The number of rotatable bonds is 2. The fourth-order valence-electron chi connectivity index (χ4n) is 2.52. The molecule has 0 N–H and O–H groups in total. The van der Waals surface area contributed by atoms with Crippen LogP contribution in [0.2, 0.25) is 0 Å². The molecule has 1 fully saturated rings. The van der Waals surface area contributed by atoms with Crippen LogP contribution in [0.5, 0.6) is 0 Å². The molecule has 0 aliphatic carbocycles. The topological polar surface area (TPSA) is 43.9 Å². The van der Waals surface area contributed by atoms with Gasteiger partial charge in [-0.15, -0.1) is 0 Å². The maximum absolute atomic E-state index is 12.5. The van der Waals surface area contributed by atoms with Crippen molar-refractivity contribution in [3.05, 3.63) is 29.8 Å². The van der Waals surface area contributed by atoms with Gasteiger partial charge in [-0.1, -0.05) is 0 Å². The number of benzene rings is 1. The van der Waals surface area contributed by atoms with Crippen LogP contribution in [0.3, 0.4) is 0 Å². The number of nitrogens with zero attached hydrogens (tertiary/aromatic N) is 3. The van der Waals surface area contributed by atoms with Crippen LogP contribution in [0.1, 0.15) is 23.7 Å². The normalized spacial score (nSPS) is 15.6. The zero-order valence-electron chi connectivity index (χ0n) is 13.0. The van der Waals surface area contributed by atoms with Crippen molar-refractivity contribution in [1.29, 1.82) is 0 Å². The van der Waals surface area contributed by atoms with Crippen LogP contribution in [-0.2, 0) is 4.79 Å². The zero-order chi connectivity index (χ0) is 15.4. The van der Waals surface area contributed by atoms with Crippen molar-refractivity contribution in [2.45, 2.75) is 13.3 Å². The summed E-state index contributed by atoms with van der Waals surface area (Å²) >= 11 is 0. The Morgan fingerprint density at radius 1 is 0.952 bits per heavy atom. The van der Waals surface area contributed by atoms with Crippen LogP contribution < -0.4 is 4.90 Å². The van der Waals surface area contributed by atoms with Crippen molar-refractivity contribution in [2.75, 3.05) is 45.2 Å². The first kappa shape index (κ1) is 15.4. The maximum atomic E-state index is 12.5. The van der Waals surface area contributed by atoms with E-state index in [1.807, 2.05) is 53.1 Å². The summed E-state index contributed by atoms with van der Waals surface area (Å²) in [5.41, 5.74) is 1.78. The molecule has 5 nitrogen and oxygen atoms in total. The summed E-state index contributed by atoms with van der Waals surface area (Å²) in [5.74, 6) is 0.130. The van der Waals surface area contributed by atoms with Gasteiger partial charge in [-0.25, -0.2) is 0 Å². The smallest absolute Gasteiger partial charge is 0.253 e. The van der Waals surface area contributed by atoms with Gasteiger partial charge in [0.05, 0.1) is 0 Å². The van der Waals surface area contributed by atoms with E-state index >= 15 is 0 Å². The van der Waals surface area contributed by atoms with Gasteiger partial charge in [0.25, 0.3) is 5.91 Å². The standard InChI is InChI=1S/C16H23N3O2/c1-13(20)18-9-4-10-19(12-11-18)16(21)14-5-7-15(8-6-14)17(2)3/h5-8H,4,9-12H2,1-3H3. The van der Waals surface area contributed by atoms with Gasteiger partial charge in [-0.2, -0.15) is 0 Å². The molecule has 2 amide bonds. The van der Waals surface area contributed by atoms with E-state index in [4.69, 9.17) is 0 Å². The highest BCUT2D eigenvalue weighted by molar-refractivity contribution is 5.94. The molecule has 1 heterocycles. The first-order valence-electron chi connectivity index (χ1n) is 7.31. The number of hydrogen-bond acceptors (Lipinski definition) is 3. The Labute approximate surface area is 126 Å². The van der Waals surface area contributed by atoms with E-state index in [1.165, 1.54) is 0 Å². The molecule has 0 spiro atoms. The second kappa shape index (κ2) is 6.61. The lowest BCUT2D eigenvalue weighted by molar-refractivity contribution is -0.128. The monoisotopic (exact) mass is 289 g/mol. The third-order valence-corrected chi connectivity index (χ3v) is 3.86. The van der Waals surface area contributed by atoms with E-state index < -0.39 is 0 Å². The predicted molar refractivity (Wildman–Crippen MR) is 83.5 cm³/mol. The third-order valence-electron chi connectivity index (χ3n) is 3.86. The largest absolute Gasteiger partial charge is 0.378 e. The average Bonchev–Trinajstić information content (AvgIpc) is 2.72. The van der Waals surface area contributed by atoms with E-state index in [0.29, 0.717) is 25.2 Å². The maximum Gasteiger partial charge on any atom is 0.253 e. The van der Waals surface area contributed by atoms with E-state index in [1.54, 1.807) is 6.92 Å². The predicted octanol–water partition coefficient (Wildman–Crippen LogP) is 1.45. The number of carbonyl (C=O) groups excluding carboxylic acids is 2. The van der Waals surface area contributed by atoms with Crippen molar-refractivity contribution in [3.63, 3.8) is 0 Å². The fraction of sp³-hybridized carbons (Fsp3) is 0.500. The average molecular weight is 289 g/mol. The molecule has 1 aliphatic rings. The lowest BCUT2D eigenvalue weighted by atomic mass is 10.1. The summed E-state index contributed by atoms with van der Waals surface area (Å²) in [6.45, 7) is 4.25. The molecular weight excluding hydrogens is 266 g/mol. The first-order chi connectivity index (χ1) is 9.99. The highest BCUT2D eigenvalue weighted by Crippen LogP contribution is 2.15. The molecule has 5 heteroatoms. The summed E-state index contributed by atoms with van der Waals surface area (Å²) in [6, 6.07) is 7.64. The van der Waals surface area contributed by atoms with Gasteiger partial charge in [-0.05, 0) is 30.7 Å². The molecule has 1 aromatic rings. The number of hydrogen-bond donors (Lipinski definition) is 0. The van der Waals surface area contributed by atoms with Crippen LogP contribution in [0, 0.1) is 0 Å². The SMILES string of the molecule is CC(=O)N1CCCN(C(=O)c2ccc(N(C)C)cc2)CC1. The van der Waals surface area contributed by atoms with Crippen molar-refractivity contribution in [3.8, 4) is 0 Å². The molecule has 0 atom stereocenters. The second-order valence-corrected chi connectivity index (χ2v) is 5.59. The van der Waals surface area contributed by atoms with Gasteiger partial charge in [0.2, 0.25) is 5.91 Å². The lowest BCUT2D eigenvalue weighted by Crippen LogP contribution is -2.36. The summed E-state index contributed by atoms with van der Waals surface area (Å²) in [6.07, 6.45) is 0.834. The highest BCUT2D eigenvalue weighted by atomic mass is 16.2. The van der Waals surface area contributed by atoms with Gasteiger partial charge in [0.15, 0.2) is 0 Å².